The Labute approximate surface area is 123 Å². The van der Waals surface area contributed by atoms with Crippen LogP contribution in [0.1, 0.15) is 5.56 Å². The van der Waals surface area contributed by atoms with Crippen LogP contribution < -0.4 is 4.90 Å². The number of para-hydroxylation sites is 2. The average molecular weight is 271 g/mol. The molecule has 0 amide bonds. The molecule has 3 rings (SSSR count). The zero-order valence-electron chi connectivity index (χ0n) is 11.3. The minimum absolute atomic E-state index is 0.594. The lowest BCUT2D eigenvalue weighted by Gasteiger charge is -2.24. The normalized spacial score (nSPS) is 9.86. The molecule has 0 aliphatic rings. The van der Waals surface area contributed by atoms with Gasteiger partial charge in [-0.2, -0.15) is 5.26 Å². The molecule has 3 aromatic rings. The molecule has 0 radical (unpaired) electrons. The van der Waals surface area contributed by atoms with Gasteiger partial charge in [-0.15, -0.1) is 0 Å². The number of nitriles is 1. The van der Waals surface area contributed by atoms with E-state index in [0.29, 0.717) is 5.56 Å². The van der Waals surface area contributed by atoms with E-state index in [1.807, 2.05) is 65.6 Å². The fourth-order valence-corrected chi connectivity index (χ4v) is 2.18. The summed E-state index contributed by atoms with van der Waals surface area (Å²) in [6.07, 6.45) is 1.66. The van der Waals surface area contributed by atoms with Gasteiger partial charge in [-0.05, 0) is 36.4 Å². The molecule has 0 atom stereocenters. The van der Waals surface area contributed by atoms with Crippen molar-refractivity contribution in [2.24, 2.45) is 0 Å². The Morgan fingerprint density at radius 1 is 0.810 bits per heavy atom. The fourth-order valence-electron chi connectivity index (χ4n) is 2.18. The van der Waals surface area contributed by atoms with Gasteiger partial charge >= 0.3 is 0 Å². The summed E-state index contributed by atoms with van der Waals surface area (Å²) in [5.74, 6) is 0.728. The molecular formula is C18H13N3. The Balaban J connectivity index is 2.15. The molecule has 1 aromatic heterocycles. The highest BCUT2D eigenvalue weighted by atomic mass is 15.2. The summed E-state index contributed by atoms with van der Waals surface area (Å²) >= 11 is 0. The molecular weight excluding hydrogens is 258 g/mol. The van der Waals surface area contributed by atoms with E-state index in [1.165, 1.54) is 0 Å². The van der Waals surface area contributed by atoms with Crippen LogP contribution in [-0.4, -0.2) is 4.98 Å². The summed E-state index contributed by atoms with van der Waals surface area (Å²) in [6.45, 7) is 0. The lowest BCUT2D eigenvalue weighted by Crippen LogP contribution is -2.11. The zero-order valence-corrected chi connectivity index (χ0v) is 11.3. The van der Waals surface area contributed by atoms with Gasteiger partial charge in [0.15, 0.2) is 0 Å². The second kappa shape index (κ2) is 5.89. The molecule has 0 unspecified atom stereocenters. The van der Waals surface area contributed by atoms with Crippen molar-refractivity contribution >= 4 is 17.2 Å². The molecule has 0 N–H and O–H groups in total. The number of nitrogens with zero attached hydrogens (tertiary/aromatic N) is 3. The molecule has 21 heavy (non-hydrogen) atoms. The van der Waals surface area contributed by atoms with E-state index in [-0.39, 0.29) is 0 Å². The van der Waals surface area contributed by atoms with Crippen LogP contribution >= 0.6 is 0 Å². The zero-order chi connectivity index (χ0) is 14.5. The number of rotatable bonds is 3. The highest BCUT2D eigenvalue weighted by Gasteiger charge is 2.13. The largest absolute Gasteiger partial charge is 0.295 e. The van der Waals surface area contributed by atoms with Crippen molar-refractivity contribution < 1.29 is 0 Å². The van der Waals surface area contributed by atoms with E-state index in [2.05, 4.69) is 11.1 Å². The van der Waals surface area contributed by atoms with Gasteiger partial charge in [0.25, 0.3) is 0 Å². The van der Waals surface area contributed by atoms with Crippen molar-refractivity contribution in [3.05, 3.63) is 84.6 Å². The second-order valence-corrected chi connectivity index (χ2v) is 4.52. The molecule has 0 bridgehead atoms. The third-order valence-electron chi connectivity index (χ3n) is 3.13. The van der Waals surface area contributed by atoms with Gasteiger partial charge < -0.3 is 0 Å². The van der Waals surface area contributed by atoms with Gasteiger partial charge in [0.1, 0.15) is 5.82 Å². The quantitative estimate of drug-likeness (QED) is 0.707. The molecule has 1 heterocycles. The van der Waals surface area contributed by atoms with E-state index >= 15 is 0 Å². The van der Waals surface area contributed by atoms with Crippen molar-refractivity contribution in [2.75, 3.05) is 4.90 Å². The maximum atomic E-state index is 9.09. The highest BCUT2D eigenvalue weighted by molar-refractivity contribution is 5.74. The summed E-state index contributed by atoms with van der Waals surface area (Å²) in [5, 5.41) is 9.09. The molecule has 3 nitrogen and oxygen atoms in total. The average Bonchev–Trinajstić information content (AvgIpc) is 2.57. The number of benzene rings is 2. The molecule has 2 aromatic carbocycles. The number of anilines is 3. The Morgan fingerprint density at radius 2 is 1.38 bits per heavy atom. The van der Waals surface area contributed by atoms with Crippen molar-refractivity contribution in [3.8, 4) is 6.07 Å². The first-order valence-electron chi connectivity index (χ1n) is 6.65. The van der Waals surface area contributed by atoms with Crippen LogP contribution in [0.4, 0.5) is 17.2 Å². The maximum absolute atomic E-state index is 9.09. The highest BCUT2D eigenvalue weighted by Crippen LogP contribution is 2.32. The van der Waals surface area contributed by atoms with E-state index in [0.717, 1.165) is 17.2 Å². The van der Waals surface area contributed by atoms with Gasteiger partial charge in [-0.1, -0.05) is 36.4 Å². The fraction of sp³-hybridized carbons (Fsp3) is 0. The van der Waals surface area contributed by atoms with Crippen LogP contribution in [0.5, 0.6) is 0 Å². The molecule has 0 aliphatic carbocycles. The molecule has 100 valence electrons. The molecule has 0 aliphatic heterocycles. The van der Waals surface area contributed by atoms with E-state index in [1.54, 1.807) is 18.3 Å². The van der Waals surface area contributed by atoms with E-state index < -0.39 is 0 Å². The van der Waals surface area contributed by atoms with Gasteiger partial charge in [-0.3, -0.25) is 4.90 Å². The van der Waals surface area contributed by atoms with E-state index in [9.17, 15) is 0 Å². The predicted octanol–water partition coefficient (Wildman–Crippen LogP) is 4.42. The van der Waals surface area contributed by atoms with Crippen molar-refractivity contribution in [1.29, 1.82) is 5.26 Å². The lowest BCUT2D eigenvalue weighted by atomic mass is 10.2. The maximum Gasteiger partial charge on any atom is 0.138 e. The van der Waals surface area contributed by atoms with Gasteiger partial charge in [0.05, 0.1) is 11.6 Å². The van der Waals surface area contributed by atoms with Crippen LogP contribution in [0.15, 0.2) is 79.0 Å². The van der Waals surface area contributed by atoms with Crippen LogP contribution in [0.2, 0.25) is 0 Å². The molecule has 0 spiro atoms. The Hall–Kier alpha value is -3.12. The minimum atomic E-state index is 0.594. The first kappa shape index (κ1) is 12.9. The first-order chi connectivity index (χ1) is 10.4. The van der Waals surface area contributed by atoms with Gasteiger partial charge in [0, 0.05) is 17.6 Å². The molecule has 0 saturated carbocycles. The van der Waals surface area contributed by atoms with Gasteiger partial charge in [0.2, 0.25) is 0 Å². The van der Waals surface area contributed by atoms with Crippen molar-refractivity contribution in [2.45, 2.75) is 0 Å². The first-order valence-corrected chi connectivity index (χ1v) is 6.65. The van der Waals surface area contributed by atoms with Crippen LogP contribution in [0.3, 0.4) is 0 Å². The smallest absolute Gasteiger partial charge is 0.138 e. The van der Waals surface area contributed by atoms with Crippen molar-refractivity contribution in [1.82, 2.24) is 4.98 Å². The molecule has 0 fully saturated rings. The van der Waals surface area contributed by atoms with Crippen LogP contribution in [0, 0.1) is 11.3 Å². The summed E-state index contributed by atoms with van der Waals surface area (Å²) in [6, 6.07) is 25.6. The number of aromatic nitrogens is 1. The Bertz CT molecular complexity index is 722. The summed E-state index contributed by atoms with van der Waals surface area (Å²) in [4.78, 5) is 6.44. The summed E-state index contributed by atoms with van der Waals surface area (Å²) < 4.78 is 0. The standard InChI is InChI=1S/C18H13N3/c19-14-15-11-12-20-18(13-15)21(16-7-3-1-4-8-16)17-9-5-2-6-10-17/h1-13H. The molecule has 0 saturated heterocycles. The second-order valence-electron chi connectivity index (χ2n) is 4.52. The third kappa shape index (κ3) is 2.75. The predicted molar refractivity (Wildman–Crippen MR) is 83.6 cm³/mol. The number of hydrogen-bond acceptors (Lipinski definition) is 3. The Kier molecular flexibility index (Phi) is 3.62. The third-order valence-corrected chi connectivity index (χ3v) is 3.13. The van der Waals surface area contributed by atoms with Gasteiger partial charge in [-0.25, -0.2) is 4.98 Å². The number of pyridine rings is 1. The molecule has 3 heteroatoms. The summed E-state index contributed by atoms with van der Waals surface area (Å²) in [7, 11) is 0. The SMILES string of the molecule is N#Cc1ccnc(N(c2ccccc2)c2ccccc2)c1. The van der Waals surface area contributed by atoms with Crippen LogP contribution in [0.25, 0.3) is 0 Å². The summed E-state index contributed by atoms with van der Waals surface area (Å²) in [5.41, 5.74) is 2.61. The van der Waals surface area contributed by atoms with Crippen LogP contribution in [-0.2, 0) is 0 Å². The van der Waals surface area contributed by atoms with Crippen molar-refractivity contribution in [3.63, 3.8) is 0 Å². The topological polar surface area (TPSA) is 39.9 Å². The number of hydrogen-bond donors (Lipinski definition) is 0. The monoisotopic (exact) mass is 271 g/mol. The van der Waals surface area contributed by atoms with E-state index in [4.69, 9.17) is 5.26 Å². The minimum Gasteiger partial charge on any atom is -0.295 e. The Morgan fingerprint density at radius 3 is 1.90 bits per heavy atom. The lowest BCUT2D eigenvalue weighted by molar-refractivity contribution is 1.17.